The van der Waals surface area contributed by atoms with E-state index in [1.807, 2.05) is 31.2 Å². The van der Waals surface area contributed by atoms with Gasteiger partial charge in [-0.25, -0.2) is 9.97 Å². The topological polar surface area (TPSA) is 37.8 Å². The number of nitrogens with zero attached hydrogens (tertiary/aromatic N) is 2. The van der Waals surface area contributed by atoms with Crippen LogP contribution in [0.25, 0.3) is 11.0 Å². The van der Waals surface area contributed by atoms with Crippen molar-refractivity contribution in [3.8, 4) is 0 Å². The van der Waals surface area contributed by atoms with Gasteiger partial charge in [-0.1, -0.05) is 35.0 Å². The largest absolute Gasteiger partial charge is 0.366 e. The fourth-order valence-corrected chi connectivity index (χ4v) is 2.57. The van der Waals surface area contributed by atoms with Crippen molar-refractivity contribution >= 4 is 32.8 Å². The highest BCUT2D eigenvalue weighted by Gasteiger charge is 2.10. The van der Waals surface area contributed by atoms with Gasteiger partial charge in [0.25, 0.3) is 0 Å². The van der Waals surface area contributed by atoms with Crippen LogP contribution >= 0.6 is 15.9 Å². The van der Waals surface area contributed by atoms with Crippen LogP contribution in [0.5, 0.6) is 0 Å². The van der Waals surface area contributed by atoms with Crippen molar-refractivity contribution in [3.05, 3.63) is 30.0 Å². The van der Waals surface area contributed by atoms with E-state index in [0.717, 1.165) is 29.0 Å². The first-order chi connectivity index (χ1) is 8.56. The molecule has 2 rings (SSSR count). The van der Waals surface area contributed by atoms with Crippen molar-refractivity contribution in [2.45, 2.75) is 38.1 Å². The summed E-state index contributed by atoms with van der Waals surface area (Å²) in [4.78, 5) is 9.70. The van der Waals surface area contributed by atoms with Gasteiger partial charge < -0.3 is 5.32 Å². The molecule has 4 heteroatoms. The number of benzene rings is 1. The summed E-state index contributed by atoms with van der Waals surface area (Å²) < 4.78 is 0. The molecule has 0 aliphatic heterocycles. The molecule has 0 aliphatic rings. The van der Waals surface area contributed by atoms with Crippen molar-refractivity contribution in [1.82, 2.24) is 9.97 Å². The molecule has 1 aromatic heterocycles. The Bertz CT molecular complexity index is 540. The lowest BCUT2D eigenvalue weighted by Crippen LogP contribution is -2.20. The lowest BCUT2D eigenvalue weighted by molar-refractivity contribution is 0.704. The highest BCUT2D eigenvalue weighted by Crippen LogP contribution is 2.18. The number of hydrogen-bond donors (Lipinski definition) is 1. The highest BCUT2D eigenvalue weighted by atomic mass is 79.9. The van der Waals surface area contributed by atoms with Gasteiger partial charge in [0.1, 0.15) is 5.82 Å². The van der Waals surface area contributed by atoms with Crippen molar-refractivity contribution in [3.63, 3.8) is 0 Å². The second-order valence-corrected chi connectivity index (χ2v) is 6.27. The number of aryl methyl sites for hydroxylation is 1. The van der Waals surface area contributed by atoms with Crippen LogP contribution in [0.4, 0.5) is 5.82 Å². The van der Waals surface area contributed by atoms with Crippen molar-refractivity contribution in [2.24, 2.45) is 0 Å². The van der Waals surface area contributed by atoms with Crippen molar-refractivity contribution in [1.29, 1.82) is 0 Å². The molecule has 1 N–H and O–H groups in total. The first-order valence-corrected chi connectivity index (χ1v) is 7.12. The van der Waals surface area contributed by atoms with Crippen molar-refractivity contribution in [2.75, 3.05) is 5.32 Å². The minimum atomic E-state index is 0.369. The SMILES string of the molecule is Cc1nc2ccccc2nc1NC(C)CC(C)Br. The zero-order chi connectivity index (χ0) is 13.1. The van der Waals surface area contributed by atoms with Gasteiger partial charge in [-0.2, -0.15) is 0 Å². The number of nitrogens with one attached hydrogen (secondary N) is 1. The van der Waals surface area contributed by atoms with Crippen LogP contribution in [0.1, 0.15) is 26.0 Å². The van der Waals surface area contributed by atoms with Crippen LogP contribution in [-0.2, 0) is 0 Å². The zero-order valence-corrected chi connectivity index (χ0v) is 12.5. The summed E-state index contributed by atoms with van der Waals surface area (Å²) in [6.07, 6.45) is 1.05. The van der Waals surface area contributed by atoms with Gasteiger partial charge in [-0.15, -0.1) is 0 Å². The molecule has 1 aromatic carbocycles. The molecule has 0 saturated carbocycles. The summed E-state index contributed by atoms with van der Waals surface area (Å²) in [5.41, 5.74) is 2.83. The van der Waals surface area contributed by atoms with Gasteiger partial charge in [0.15, 0.2) is 0 Å². The molecule has 2 atom stereocenters. The summed E-state index contributed by atoms with van der Waals surface area (Å²) in [6, 6.07) is 8.32. The minimum absolute atomic E-state index is 0.369. The van der Waals surface area contributed by atoms with Crippen LogP contribution in [0.15, 0.2) is 24.3 Å². The number of halogens is 1. The lowest BCUT2D eigenvalue weighted by Gasteiger charge is -2.17. The maximum absolute atomic E-state index is 4.63. The molecule has 0 radical (unpaired) electrons. The summed E-state index contributed by atoms with van der Waals surface area (Å²) in [6.45, 7) is 6.30. The summed E-state index contributed by atoms with van der Waals surface area (Å²) in [5, 5.41) is 3.43. The number of fused-ring (bicyclic) bond motifs is 1. The number of anilines is 1. The van der Waals surface area contributed by atoms with E-state index in [9.17, 15) is 0 Å². The van der Waals surface area contributed by atoms with Crippen LogP contribution in [0.2, 0.25) is 0 Å². The first-order valence-electron chi connectivity index (χ1n) is 6.20. The van der Waals surface area contributed by atoms with Gasteiger partial charge in [-0.05, 0) is 32.4 Å². The lowest BCUT2D eigenvalue weighted by atomic mass is 10.2. The second kappa shape index (κ2) is 5.65. The standard InChI is InChI=1S/C14H18BrN3/c1-9(15)8-10(2)16-14-11(3)17-12-6-4-5-7-13(12)18-14/h4-7,9-10H,8H2,1-3H3,(H,16,18). The quantitative estimate of drug-likeness (QED) is 0.870. The molecule has 0 saturated heterocycles. The van der Waals surface area contributed by atoms with Gasteiger partial charge in [-0.3, -0.25) is 0 Å². The van der Waals surface area contributed by atoms with E-state index in [2.05, 4.69) is 45.1 Å². The fraction of sp³-hybridized carbons (Fsp3) is 0.429. The molecular weight excluding hydrogens is 290 g/mol. The Labute approximate surface area is 116 Å². The van der Waals surface area contributed by atoms with Gasteiger partial charge in [0, 0.05) is 10.9 Å². The molecule has 96 valence electrons. The van der Waals surface area contributed by atoms with E-state index < -0.39 is 0 Å². The maximum atomic E-state index is 4.63. The third-order valence-corrected chi connectivity index (χ3v) is 3.18. The molecule has 2 unspecified atom stereocenters. The molecule has 3 nitrogen and oxygen atoms in total. The summed E-state index contributed by atoms with van der Waals surface area (Å²) in [5.74, 6) is 0.884. The fourth-order valence-electron chi connectivity index (χ4n) is 2.00. The molecule has 0 spiro atoms. The zero-order valence-electron chi connectivity index (χ0n) is 10.9. The number of aromatic nitrogens is 2. The van der Waals surface area contributed by atoms with E-state index in [4.69, 9.17) is 0 Å². The second-order valence-electron chi connectivity index (χ2n) is 4.71. The molecular formula is C14H18BrN3. The van der Waals surface area contributed by atoms with Gasteiger partial charge >= 0.3 is 0 Å². The normalized spacial score (nSPS) is 14.4. The Kier molecular flexibility index (Phi) is 4.17. The Balaban J connectivity index is 2.25. The smallest absolute Gasteiger partial charge is 0.148 e. The van der Waals surface area contributed by atoms with E-state index >= 15 is 0 Å². The minimum Gasteiger partial charge on any atom is -0.366 e. The summed E-state index contributed by atoms with van der Waals surface area (Å²) >= 11 is 3.57. The van der Waals surface area contributed by atoms with E-state index in [1.54, 1.807) is 0 Å². The predicted molar refractivity (Wildman–Crippen MR) is 80.4 cm³/mol. The summed E-state index contributed by atoms with van der Waals surface area (Å²) in [7, 11) is 0. The highest BCUT2D eigenvalue weighted by molar-refractivity contribution is 9.09. The number of rotatable bonds is 4. The van der Waals surface area contributed by atoms with Gasteiger partial charge in [0.05, 0.1) is 16.7 Å². The molecule has 0 amide bonds. The monoisotopic (exact) mass is 307 g/mol. The van der Waals surface area contributed by atoms with E-state index in [0.29, 0.717) is 10.9 Å². The van der Waals surface area contributed by atoms with Gasteiger partial charge in [0.2, 0.25) is 0 Å². The number of para-hydroxylation sites is 2. The Hall–Kier alpha value is -1.16. The number of hydrogen-bond acceptors (Lipinski definition) is 3. The van der Waals surface area contributed by atoms with Crippen LogP contribution < -0.4 is 5.32 Å². The van der Waals surface area contributed by atoms with Crippen LogP contribution in [0.3, 0.4) is 0 Å². The molecule has 1 heterocycles. The maximum Gasteiger partial charge on any atom is 0.148 e. The Morgan fingerprint density at radius 3 is 2.39 bits per heavy atom. The van der Waals surface area contributed by atoms with Crippen LogP contribution in [0, 0.1) is 6.92 Å². The number of alkyl halides is 1. The molecule has 2 aromatic rings. The molecule has 0 bridgehead atoms. The Morgan fingerprint density at radius 2 is 1.78 bits per heavy atom. The van der Waals surface area contributed by atoms with E-state index in [-0.39, 0.29) is 0 Å². The predicted octanol–water partition coefficient (Wildman–Crippen LogP) is 3.91. The molecule has 0 fully saturated rings. The third-order valence-electron chi connectivity index (χ3n) is 2.81. The first kappa shape index (κ1) is 13.3. The molecule has 0 aliphatic carbocycles. The molecule has 18 heavy (non-hydrogen) atoms. The average molecular weight is 308 g/mol. The Morgan fingerprint density at radius 1 is 1.17 bits per heavy atom. The third kappa shape index (κ3) is 3.19. The average Bonchev–Trinajstić information content (AvgIpc) is 2.29. The van der Waals surface area contributed by atoms with Crippen LogP contribution in [-0.4, -0.2) is 20.8 Å². The van der Waals surface area contributed by atoms with E-state index in [1.165, 1.54) is 0 Å². The van der Waals surface area contributed by atoms with Crippen molar-refractivity contribution < 1.29 is 0 Å².